The van der Waals surface area contributed by atoms with E-state index in [9.17, 15) is 0 Å². The van der Waals surface area contributed by atoms with Crippen LogP contribution in [0.15, 0.2) is 164 Å². The Bertz CT molecular complexity index is 2810. The van der Waals surface area contributed by atoms with E-state index in [0.717, 1.165) is 61.7 Å². The van der Waals surface area contributed by atoms with Crippen LogP contribution in [0.3, 0.4) is 0 Å². The summed E-state index contributed by atoms with van der Waals surface area (Å²) in [6.45, 7) is 7.59. The number of benzene rings is 8. The highest BCUT2D eigenvalue weighted by Gasteiger charge is 2.25. The first kappa shape index (κ1) is 27.3. The highest BCUT2D eigenvalue weighted by molar-refractivity contribution is 6.22. The fraction of sp³-hybridized carbons (Fsp3) is 0. The van der Waals surface area contributed by atoms with E-state index in [4.69, 9.17) is 11.3 Å². The van der Waals surface area contributed by atoms with Crippen molar-refractivity contribution in [3.05, 3.63) is 175 Å². The zero-order chi connectivity index (χ0) is 32.5. The Morgan fingerprint density at radius 3 is 2.12 bits per heavy atom. The number of anilines is 3. The third-order valence-corrected chi connectivity index (χ3v) is 9.77. The Hall–Kier alpha value is -6.83. The molecular formula is C45H27N3O. The predicted octanol–water partition coefficient (Wildman–Crippen LogP) is 12.9. The van der Waals surface area contributed by atoms with Crippen LogP contribution in [-0.2, 0) is 0 Å². The van der Waals surface area contributed by atoms with Gasteiger partial charge in [-0.15, -0.1) is 0 Å². The molecule has 0 N–H and O–H groups in total. The van der Waals surface area contributed by atoms with Gasteiger partial charge in [0.25, 0.3) is 0 Å². The summed E-state index contributed by atoms with van der Waals surface area (Å²) in [4.78, 5) is 5.99. The van der Waals surface area contributed by atoms with Crippen molar-refractivity contribution in [1.82, 2.24) is 4.57 Å². The first-order valence-electron chi connectivity index (χ1n) is 16.4. The topological polar surface area (TPSA) is 21.8 Å². The Kier molecular flexibility index (Phi) is 5.90. The van der Waals surface area contributed by atoms with Gasteiger partial charge in [-0.05, 0) is 83.1 Å². The van der Waals surface area contributed by atoms with E-state index in [1.165, 1.54) is 27.1 Å². The van der Waals surface area contributed by atoms with Gasteiger partial charge in [-0.25, -0.2) is 4.85 Å². The summed E-state index contributed by atoms with van der Waals surface area (Å²) in [7, 11) is 0. The molecule has 0 fully saturated rings. The number of fused-ring (bicyclic) bond motifs is 7. The molecule has 8 aromatic carbocycles. The summed E-state index contributed by atoms with van der Waals surface area (Å²) >= 11 is 0. The minimum atomic E-state index is 0.610. The predicted molar refractivity (Wildman–Crippen MR) is 202 cm³/mol. The quantitative estimate of drug-likeness (QED) is 0.182. The summed E-state index contributed by atoms with van der Waals surface area (Å²) in [5.74, 6) is 1.72. The van der Waals surface area contributed by atoms with Crippen molar-refractivity contribution in [3.8, 4) is 28.3 Å². The van der Waals surface area contributed by atoms with E-state index >= 15 is 0 Å². The van der Waals surface area contributed by atoms with E-state index in [2.05, 4.69) is 142 Å². The van der Waals surface area contributed by atoms with Crippen LogP contribution in [0.5, 0.6) is 11.5 Å². The summed E-state index contributed by atoms with van der Waals surface area (Å²) < 4.78 is 8.83. The van der Waals surface area contributed by atoms with Gasteiger partial charge in [-0.2, -0.15) is 0 Å². The second kappa shape index (κ2) is 10.6. The molecule has 1 aliphatic heterocycles. The number of ether oxygens (including phenoxy) is 1. The number of nitrogens with zero attached hydrogens (tertiary/aromatic N) is 3. The molecule has 0 aliphatic carbocycles. The molecular weight excluding hydrogens is 599 g/mol. The van der Waals surface area contributed by atoms with Gasteiger partial charge >= 0.3 is 0 Å². The fourth-order valence-electron chi connectivity index (χ4n) is 7.64. The molecule has 0 atom stereocenters. The van der Waals surface area contributed by atoms with E-state index in [1.54, 1.807) is 0 Å². The lowest BCUT2D eigenvalue weighted by Gasteiger charge is -2.29. The Morgan fingerprint density at radius 1 is 0.510 bits per heavy atom. The van der Waals surface area contributed by atoms with Crippen molar-refractivity contribution in [2.24, 2.45) is 0 Å². The van der Waals surface area contributed by atoms with Gasteiger partial charge in [0.2, 0.25) is 0 Å². The molecule has 4 heteroatoms. The van der Waals surface area contributed by atoms with Crippen molar-refractivity contribution in [2.45, 2.75) is 0 Å². The molecule has 0 radical (unpaired) electrons. The molecule has 0 amide bonds. The Morgan fingerprint density at radius 2 is 1.24 bits per heavy atom. The highest BCUT2D eigenvalue weighted by Crippen LogP contribution is 2.51. The van der Waals surface area contributed by atoms with Crippen LogP contribution in [0.2, 0.25) is 0 Å². The summed E-state index contributed by atoms with van der Waals surface area (Å²) in [5.41, 5.74) is 9.34. The van der Waals surface area contributed by atoms with Gasteiger partial charge in [0.15, 0.2) is 5.69 Å². The minimum Gasteiger partial charge on any atom is -0.456 e. The number of hydrogen-bond acceptors (Lipinski definition) is 2. The third kappa shape index (κ3) is 4.10. The highest BCUT2D eigenvalue weighted by atomic mass is 16.5. The Labute approximate surface area is 283 Å². The van der Waals surface area contributed by atoms with Gasteiger partial charge < -0.3 is 14.2 Å². The maximum atomic E-state index is 7.59. The van der Waals surface area contributed by atoms with E-state index < -0.39 is 0 Å². The second-order valence-corrected chi connectivity index (χ2v) is 12.4. The van der Waals surface area contributed by atoms with Crippen molar-refractivity contribution in [3.63, 3.8) is 0 Å². The molecule has 49 heavy (non-hydrogen) atoms. The van der Waals surface area contributed by atoms with Crippen LogP contribution < -0.4 is 9.64 Å². The van der Waals surface area contributed by atoms with Gasteiger partial charge in [0, 0.05) is 44.2 Å². The first-order chi connectivity index (χ1) is 24.3. The molecule has 0 bridgehead atoms. The number of hydrogen-bond donors (Lipinski definition) is 0. The van der Waals surface area contributed by atoms with Gasteiger partial charge in [-0.3, -0.25) is 0 Å². The van der Waals surface area contributed by atoms with Crippen molar-refractivity contribution >= 4 is 66.1 Å². The van der Waals surface area contributed by atoms with Crippen LogP contribution in [0.25, 0.3) is 65.0 Å². The normalized spacial score (nSPS) is 11.8. The number of aromatic nitrogens is 1. The van der Waals surface area contributed by atoms with Crippen molar-refractivity contribution in [1.29, 1.82) is 0 Å². The molecule has 228 valence electrons. The smallest absolute Gasteiger partial charge is 0.187 e. The van der Waals surface area contributed by atoms with Crippen LogP contribution in [0, 0.1) is 6.57 Å². The molecule has 9 aromatic rings. The summed E-state index contributed by atoms with van der Waals surface area (Å²) in [6, 6.07) is 57.3. The van der Waals surface area contributed by atoms with Crippen LogP contribution >= 0.6 is 0 Å². The van der Waals surface area contributed by atoms with Gasteiger partial charge in [0.1, 0.15) is 11.5 Å². The molecule has 1 aromatic heterocycles. The standard InChI is InChI=1S/C45H27N3O/c1-46-30-19-21-32(22-20-30)47(39-27-24-36-35-14-7-8-16-42(35)49-43-17-9-15-37(39)45(36)43)33-23-26-40-38(28-33)44-34-13-6-5-10-29(34)18-25-41(44)48(40)31-11-3-2-4-12-31/h2-28H. The van der Waals surface area contributed by atoms with Crippen LogP contribution in [-0.4, -0.2) is 4.57 Å². The lowest BCUT2D eigenvalue weighted by molar-refractivity contribution is 0.487. The zero-order valence-electron chi connectivity index (χ0n) is 26.3. The minimum absolute atomic E-state index is 0.610. The van der Waals surface area contributed by atoms with Gasteiger partial charge in [0.05, 0.1) is 23.3 Å². The largest absolute Gasteiger partial charge is 0.456 e. The third-order valence-electron chi connectivity index (χ3n) is 9.77. The van der Waals surface area contributed by atoms with E-state index in [-0.39, 0.29) is 0 Å². The molecule has 10 rings (SSSR count). The van der Waals surface area contributed by atoms with Crippen molar-refractivity contribution in [2.75, 3.05) is 4.90 Å². The lowest BCUT2D eigenvalue weighted by Crippen LogP contribution is -2.11. The monoisotopic (exact) mass is 625 g/mol. The lowest BCUT2D eigenvalue weighted by atomic mass is 9.93. The van der Waals surface area contributed by atoms with Crippen LogP contribution in [0.4, 0.5) is 22.7 Å². The molecule has 0 saturated heterocycles. The molecule has 4 nitrogen and oxygen atoms in total. The van der Waals surface area contributed by atoms with Crippen molar-refractivity contribution < 1.29 is 4.74 Å². The maximum absolute atomic E-state index is 7.59. The zero-order valence-corrected chi connectivity index (χ0v) is 26.3. The molecule has 1 aliphatic rings. The van der Waals surface area contributed by atoms with E-state index in [0.29, 0.717) is 5.69 Å². The number of rotatable bonds is 4. The maximum Gasteiger partial charge on any atom is 0.187 e. The average Bonchev–Trinajstić information content (AvgIpc) is 3.50. The first-order valence-corrected chi connectivity index (χ1v) is 16.4. The molecule has 2 heterocycles. The van der Waals surface area contributed by atoms with E-state index in [1.807, 2.05) is 36.4 Å². The molecule has 0 unspecified atom stereocenters. The molecule has 0 saturated carbocycles. The van der Waals surface area contributed by atoms with Gasteiger partial charge in [-0.1, -0.05) is 97.1 Å². The Balaban J connectivity index is 1.28. The SMILES string of the molecule is [C-]#[N+]c1ccc(N(c2ccc3c(c2)c2c4ccccc4ccc2n3-c2ccccc2)c2ccc3c4c(cccc24)Oc2ccccc2-3)cc1. The van der Waals surface area contributed by atoms with Crippen LogP contribution in [0.1, 0.15) is 0 Å². The summed E-state index contributed by atoms with van der Waals surface area (Å²) in [5, 5.41) is 7.02. The fourth-order valence-corrected chi connectivity index (χ4v) is 7.64. The molecule has 0 spiro atoms. The second-order valence-electron chi connectivity index (χ2n) is 12.4. The summed E-state index contributed by atoms with van der Waals surface area (Å²) in [6.07, 6.45) is 0. The average molecular weight is 626 g/mol. The number of para-hydroxylation sites is 2.